The van der Waals surface area contributed by atoms with E-state index in [0.717, 1.165) is 13.7 Å². The van der Waals surface area contributed by atoms with Gasteiger partial charge in [0.05, 0.1) is 0 Å². The first kappa shape index (κ1) is 19.5. The van der Waals surface area contributed by atoms with Gasteiger partial charge in [0, 0.05) is 13.2 Å². The molecule has 2 heteroatoms. The van der Waals surface area contributed by atoms with Gasteiger partial charge in [0.1, 0.15) is 0 Å². The number of nitrogens with one attached hydrogen (secondary N) is 1. The topological polar surface area (TPSA) is 32.3 Å². The molecule has 0 aliphatic carbocycles. The van der Waals surface area contributed by atoms with Crippen LogP contribution in [-0.2, 0) is 0 Å². The molecular formula is C12H31NO. The van der Waals surface area contributed by atoms with Crippen LogP contribution in [0.4, 0.5) is 0 Å². The zero-order valence-electron chi connectivity index (χ0n) is 11.4. The average molecular weight is 205 g/mol. The summed E-state index contributed by atoms with van der Waals surface area (Å²) in [6, 6.07) is 0.618. The van der Waals surface area contributed by atoms with Gasteiger partial charge in [-0.05, 0) is 25.3 Å². The lowest BCUT2D eigenvalue weighted by Gasteiger charge is -2.28. The van der Waals surface area contributed by atoms with E-state index in [1.54, 1.807) is 0 Å². The molecule has 0 bridgehead atoms. The van der Waals surface area contributed by atoms with Gasteiger partial charge in [-0.15, -0.1) is 0 Å². The van der Waals surface area contributed by atoms with Gasteiger partial charge in [-0.2, -0.15) is 0 Å². The Morgan fingerprint density at radius 2 is 1.50 bits per heavy atom. The Balaban J connectivity index is -0.000000266. The molecule has 90 valence electrons. The van der Waals surface area contributed by atoms with Crippen LogP contribution in [0.15, 0.2) is 0 Å². The minimum Gasteiger partial charge on any atom is -0.400 e. The lowest BCUT2D eigenvalue weighted by atomic mass is 9.88. The van der Waals surface area contributed by atoms with Gasteiger partial charge in [0.25, 0.3) is 0 Å². The van der Waals surface area contributed by atoms with Gasteiger partial charge in [-0.25, -0.2) is 0 Å². The highest BCUT2D eigenvalue weighted by molar-refractivity contribution is 4.75. The predicted octanol–water partition coefficient (Wildman–Crippen LogP) is 3.06. The minimum atomic E-state index is 0.398. The number of aliphatic hydroxyl groups excluding tert-OH is 1. The molecule has 0 radical (unpaired) electrons. The third-order valence-electron chi connectivity index (χ3n) is 2.00. The Labute approximate surface area is 91.1 Å². The number of hydrogen-bond donors (Lipinski definition) is 2. The summed E-state index contributed by atoms with van der Waals surface area (Å²) >= 11 is 0. The SMILES string of the molecule is CC.CCCNC(C)C(C)(C)C.CO. The maximum Gasteiger partial charge on any atom is 0.0319 e. The summed E-state index contributed by atoms with van der Waals surface area (Å²) in [4.78, 5) is 0. The largest absolute Gasteiger partial charge is 0.400 e. The highest BCUT2D eigenvalue weighted by atomic mass is 16.2. The van der Waals surface area contributed by atoms with E-state index in [1.807, 2.05) is 13.8 Å². The Kier molecular flexibility index (Phi) is 18.0. The van der Waals surface area contributed by atoms with Gasteiger partial charge in [0.15, 0.2) is 0 Å². The molecule has 0 heterocycles. The summed E-state index contributed by atoms with van der Waals surface area (Å²) < 4.78 is 0. The number of rotatable bonds is 3. The molecular weight excluding hydrogens is 174 g/mol. The minimum absolute atomic E-state index is 0.398. The molecule has 0 amide bonds. The normalized spacial score (nSPS) is 11.8. The monoisotopic (exact) mass is 205 g/mol. The molecule has 14 heavy (non-hydrogen) atoms. The highest BCUT2D eigenvalue weighted by Gasteiger charge is 2.18. The fourth-order valence-corrected chi connectivity index (χ4v) is 0.667. The third kappa shape index (κ3) is 14.4. The van der Waals surface area contributed by atoms with Crippen LogP contribution in [0.25, 0.3) is 0 Å². The van der Waals surface area contributed by atoms with Crippen molar-refractivity contribution in [3.05, 3.63) is 0 Å². The van der Waals surface area contributed by atoms with Crippen LogP contribution in [0.5, 0.6) is 0 Å². The van der Waals surface area contributed by atoms with Crippen LogP contribution in [0.3, 0.4) is 0 Å². The van der Waals surface area contributed by atoms with Gasteiger partial charge in [-0.1, -0.05) is 41.5 Å². The summed E-state index contributed by atoms with van der Waals surface area (Å²) in [5.74, 6) is 0. The molecule has 0 fully saturated rings. The van der Waals surface area contributed by atoms with Crippen molar-refractivity contribution in [1.29, 1.82) is 0 Å². The first-order valence-electron chi connectivity index (χ1n) is 5.66. The quantitative estimate of drug-likeness (QED) is 0.742. The van der Waals surface area contributed by atoms with E-state index in [1.165, 1.54) is 6.42 Å². The van der Waals surface area contributed by atoms with Gasteiger partial charge in [0.2, 0.25) is 0 Å². The van der Waals surface area contributed by atoms with Gasteiger partial charge in [-0.3, -0.25) is 0 Å². The van der Waals surface area contributed by atoms with Crippen molar-refractivity contribution in [3.8, 4) is 0 Å². The highest BCUT2D eigenvalue weighted by Crippen LogP contribution is 2.17. The second-order valence-corrected chi connectivity index (χ2v) is 4.04. The van der Waals surface area contributed by atoms with Gasteiger partial charge >= 0.3 is 0 Å². The Morgan fingerprint density at radius 1 is 1.14 bits per heavy atom. The van der Waals surface area contributed by atoms with Crippen LogP contribution in [0.1, 0.15) is 54.9 Å². The molecule has 2 N–H and O–H groups in total. The van der Waals surface area contributed by atoms with Gasteiger partial charge < -0.3 is 10.4 Å². The molecule has 0 rings (SSSR count). The maximum absolute atomic E-state index is 7.00. The van der Waals surface area contributed by atoms with Crippen molar-refractivity contribution in [2.45, 2.75) is 60.9 Å². The molecule has 0 saturated heterocycles. The lowest BCUT2D eigenvalue weighted by Crippen LogP contribution is -2.37. The molecule has 0 aliphatic rings. The molecule has 0 spiro atoms. The summed E-state index contributed by atoms with van der Waals surface area (Å²) in [5.41, 5.74) is 0.398. The van der Waals surface area contributed by atoms with Crippen molar-refractivity contribution in [2.24, 2.45) is 5.41 Å². The van der Waals surface area contributed by atoms with Crippen LogP contribution in [0, 0.1) is 5.41 Å². The fourth-order valence-electron chi connectivity index (χ4n) is 0.667. The Hall–Kier alpha value is -0.0800. The second kappa shape index (κ2) is 12.9. The predicted molar refractivity (Wildman–Crippen MR) is 66.7 cm³/mol. The van der Waals surface area contributed by atoms with E-state index in [-0.39, 0.29) is 0 Å². The van der Waals surface area contributed by atoms with E-state index in [2.05, 4.69) is 39.9 Å². The van der Waals surface area contributed by atoms with E-state index in [9.17, 15) is 0 Å². The Bertz CT molecular complexity index is 86.8. The zero-order valence-corrected chi connectivity index (χ0v) is 11.4. The molecule has 1 atom stereocenters. The van der Waals surface area contributed by atoms with E-state index in [0.29, 0.717) is 11.5 Å². The summed E-state index contributed by atoms with van der Waals surface area (Å²) in [5, 5.41) is 10.5. The molecule has 0 aromatic carbocycles. The van der Waals surface area contributed by atoms with Crippen LogP contribution >= 0.6 is 0 Å². The number of hydrogen-bond acceptors (Lipinski definition) is 2. The average Bonchev–Trinajstić information content (AvgIpc) is 2.19. The summed E-state index contributed by atoms with van der Waals surface area (Å²) in [7, 11) is 1.00. The third-order valence-corrected chi connectivity index (χ3v) is 2.00. The summed E-state index contributed by atoms with van der Waals surface area (Å²) in [6.07, 6.45) is 1.22. The van der Waals surface area contributed by atoms with Crippen molar-refractivity contribution < 1.29 is 5.11 Å². The summed E-state index contributed by atoms with van der Waals surface area (Å²) in [6.45, 7) is 16.4. The maximum atomic E-state index is 7.00. The number of aliphatic hydroxyl groups is 1. The molecule has 2 nitrogen and oxygen atoms in total. The molecule has 0 aromatic rings. The van der Waals surface area contributed by atoms with Crippen molar-refractivity contribution in [1.82, 2.24) is 5.32 Å². The zero-order chi connectivity index (χ0) is 12.2. The van der Waals surface area contributed by atoms with Crippen molar-refractivity contribution in [2.75, 3.05) is 13.7 Å². The molecule has 0 aromatic heterocycles. The van der Waals surface area contributed by atoms with E-state index >= 15 is 0 Å². The molecule has 0 aliphatic heterocycles. The molecule has 1 unspecified atom stereocenters. The van der Waals surface area contributed by atoms with Crippen LogP contribution in [-0.4, -0.2) is 24.8 Å². The fraction of sp³-hybridized carbons (Fsp3) is 1.00. The Morgan fingerprint density at radius 3 is 1.71 bits per heavy atom. The first-order valence-corrected chi connectivity index (χ1v) is 5.66. The second-order valence-electron chi connectivity index (χ2n) is 4.04. The van der Waals surface area contributed by atoms with Crippen molar-refractivity contribution in [3.63, 3.8) is 0 Å². The van der Waals surface area contributed by atoms with E-state index in [4.69, 9.17) is 5.11 Å². The lowest BCUT2D eigenvalue weighted by molar-refractivity contribution is 0.287. The smallest absolute Gasteiger partial charge is 0.0319 e. The van der Waals surface area contributed by atoms with E-state index < -0.39 is 0 Å². The van der Waals surface area contributed by atoms with Crippen LogP contribution in [0.2, 0.25) is 0 Å². The molecule has 0 saturated carbocycles. The standard InChI is InChI=1S/C9H21N.C2H6.CH4O/c1-6-7-10-8(2)9(3,4)5;2*1-2/h8,10H,6-7H2,1-5H3;1-2H3;2H,1H3. The van der Waals surface area contributed by atoms with Crippen LogP contribution < -0.4 is 5.32 Å². The van der Waals surface area contributed by atoms with Crippen molar-refractivity contribution >= 4 is 0 Å². The first-order chi connectivity index (χ1) is 6.48.